The lowest BCUT2D eigenvalue weighted by molar-refractivity contribution is -0.124. The van der Waals surface area contributed by atoms with Gasteiger partial charge in [-0.25, -0.2) is 4.98 Å². The van der Waals surface area contributed by atoms with Crippen molar-refractivity contribution in [2.24, 2.45) is 34.5 Å². The molecule has 0 radical (unpaired) electrons. The van der Waals surface area contributed by atoms with Gasteiger partial charge in [-0.2, -0.15) is 0 Å². The Morgan fingerprint density at radius 2 is 2.07 bits per heavy atom. The maximum absolute atomic E-state index is 12.0. The van der Waals surface area contributed by atoms with E-state index in [4.69, 9.17) is 4.74 Å². The summed E-state index contributed by atoms with van der Waals surface area (Å²) in [6.07, 6.45) is 12.0. The molecular formula is C24H32N2O2. The first-order chi connectivity index (χ1) is 13.4. The smallest absolute Gasteiger partial charge is 0.243 e. The van der Waals surface area contributed by atoms with Crippen molar-refractivity contribution in [2.75, 3.05) is 0 Å². The van der Waals surface area contributed by atoms with Crippen LogP contribution < -0.4 is 10.1 Å². The predicted molar refractivity (Wildman–Crippen MR) is 109 cm³/mol. The van der Waals surface area contributed by atoms with E-state index >= 15 is 0 Å². The zero-order valence-corrected chi connectivity index (χ0v) is 17.2. The number of ether oxygens (including phenoxy) is 1. The average Bonchev–Trinajstić information content (AvgIpc) is 3.00. The Morgan fingerprint density at radius 3 is 2.86 bits per heavy atom. The quantitative estimate of drug-likeness (QED) is 0.829. The summed E-state index contributed by atoms with van der Waals surface area (Å²) < 4.78 is 6.31. The number of aromatic nitrogens is 1. The molecule has 0 aromatic carbocycles. The Kier molecular flexibility index (Phi) is 4.12. The summed E-state index contributed by atoms with van der Waals surface area (Å²) in [4.78, 5) is 16.3. The van der Waals surface area contributed by atoms with E-state index < -0.39 is 0 Å². The number of nitrogens with zero attached hydrogens (tertiary/aromatic N) is 1. The second-order valence-corrected chi connectivity index (χ2v) is 10.3. The molecule has 1 N–H and O–H groups in total. The molecule has 2 heterocycles. The first kappa shape index (κ1) is 18.2. The molecule has 1 amide bonds. The third-order valence-corrected chi connectivity index (χ3v) is 8.71. The van der Waals surface area contributed by atoms with Crippen molar-refractivity contribution in [3.05, 3.63) is 36.5 Å². The Balaban J connectivity index is 1.42. The number of hydrogen-bond acceptors (Lipinski definition) is 3. The number of fused-ring (bicyclic) bond motifs is 5. The Bertz CT molecular complexity index is 793. The number of amides is 1. The van der Waals surface area contributed by atoms with E-state index in [-0.39, 0.29) is 23.5 Å². The summed E-state index contributed by atoms with van der Waals surface area (Å²) in [7, 11) is 0. The summed E-state index contributed by atoms with van der Waals surface area (Å²) in [6.45, 7) is 7.30. The number of carbonyl (C=O) groups is 1. The summed E-state index contributed by atoms with van der Waals surface area (Å²) >= 11 is 0. The SMILES string of the molecule is C[C@H]1C[C@H]2NC(=O)C=C[C@]2(C)[C@H]2CC[C@]3(C)C[C@@H](Oc4ccccn4)C[C@H]3[C@H]12. The van der Waals surface area contributed by atoms with Gasteiger partial charge in [-0.05, 0) is 73.3 Å². The van der Waals surface area contributed by atoms with Gasteiger partial charge in [0.05, 0.1) is 0 Å². The number of nitrogens with one attached hydrogen (secondary N) is 1. The standard InChI is InChI=1S/C24H32N2O2/c1-15-12-19-24(3,10-8-20(27)26-19)17-7-9-23(2)14-16(13-18(23)22(15)17)28-21-6-4-5-11-25-21/h4-6,8,10-11,15-19,22H,7,9,12-14H2,1-3H3,(H,26,27)/t15-,16-,17-,18-,19+,22+,23+,24+/m0/s1. The van der Waals surface area contributed by atoms with Gasteiger partial charge in [0.1, 0.15) is 6.10 Å². The lowest BCUT2D eigenvalue weighted by atomic mass is 9.46. The van der Waals surface area contributed by atoms with Crippen molar-refractivity contribution < 1.29 is 9.53 Å². The molecule has 8 atom stereocenters. The fourth-order valence-electron chi connectivity index (χ4n) is 7.36. The topological polar surface area (TPSA) is 51.2 Å². The van der Waals surface area contributed by atoms with Gasteiger partial charge in [0.25, 0.3) is 0 Å². The molecule has 150 valence electrons. The fourth-order valence-corrected chi connectivity index (χ4v) is 7.36. The van der Waals surface area contributed by atoms with Crippen LogP contribution in [0.25, 0.3) is 0 Å². The van der Waals surface area contributed by atoms with E-state index in [2.05, 4.69) is 37.1 Å². The van der Waals surface area contributed by atoms with Crippen LogP contribution in [0.1, 0.15) is 52.9 Å². The van der Waals surface area contributed by atoms with E-state index in [1.807, 2.05) is 24.4 Å². The average molecular weight is 381 g/mol. The molecule has 0 unspecified atom stereocenters. The van der Waals surface area contributed by atoms with E-state index in [0.29, 0.717) is 29.1 Å². The first-order valence-corrected chi connectivity index (χ1v) is 11.0. The maximum atomic E-state index is 12.0. The van der Waals surface area contributed by atoms with Gasteiger partial charge in [-0.15, -0.1) is 0 Å². The van der Waals surface area contributed by atoms with Crippen molar-refractivity contribution in [1.29, 1.82) is 0 Å². The number of pyridine rings is 1. The van der Waals surface area contributed by atoms with Crippen LogP contribution in [0, 0.1) is 34.5 Å². The van der Waals surface area contributed by atoms with Crippen LogP contribution in [0.4, 0.5) is 0 Å². The molecule has 4 heteroatoms. The Morgan fingerprint density at radius 1 is 1.21 bits per heavy atom. The van der Waals surface area contributed by atoms with Crippen molar-refractivity contribution in [1.82, 2.24) is 10.3 Å². The highest BCUT2D eigenvalue weighted by atomic mass is 16.5. The second kappa shape index (κ2) is 6.33. The first-order valence-electron chi connectivity index (χ1n) is 11.0. The molecule has 0 saturated heterocycles. The predicted octanol–water partition coefficient (Wildman–Crippen LogP) is 4.37. The van der Waals surface area contributed by atoms with Crippen LogP contribution in [0.2, 0.25) is 0 Å². The molecule has 0 bridgehead atoms. The molecule has 0 spiro atoms. The molecule has 5 rings (SSSR count). The van der Waals surface area contributed by atoms with Gasteiger partial charge in [0.2, 0.25) is 11.8 Å². The molecular weight excluding hydrogens is 348 g/mol. The molecule has 1 aromatic rings. The summed E-state index contributed by atoms with van der Waals surface area (Å²) in [6, 6.07) is 6.19. The van der Waals surface area contributed by atoms with Crippen LogP contribution in [0.15, 0.2) is 36.5 Å². The van der Waals surface area contributed by atoms with Crippen molar-refractivity contribution >= 4 is 5.91 Å². The molecule has 3 saturated carbocycles. The highest BCUT2D eigenvalue weighted by Crippen LogP contribution is 2.64. The Labute approximate surface area is 168 Å². The minimum Gasteiger partial charge on any atom is -0.474 e. The zero-order chi connectivity index (χ0) is 19.5. The molecule has 4 nitrogen and oxygen atoms in total. The minimum atomic E-state index is 0.0819. The van der Waals surface area contributed by atoms with Gasteiger partial charge >= 0.3 is 0 Å². The highest BCUT2D eigenvalue weighted by Gasteiger charge is 2.60. The lowest BCUT2D eigenvalue weighted by Crippen LogP contribution is -2.61. The number of hydrogen-bond donors (Lipinski definition) is 1. The third-order valence-electron chi connectivity index (χ3n) is 8.71. The van der Waals surface area contributed by atoms with Crippen LogP contribution in [-0.2, 0) is 4.79 Å². The fraction of sp³-hybridized carbons (Fsp3) is 0.667. The third kappa shape index (κ3) is 2.71. The molecule has 1 aliphatic heterocycles. The van der Waals surface area contributed by atoms with Crippen LogP contribution >= 0.6 is 0 Å². The second-order valence-electron chi connectivity index (χ2n) is 10.3. The molecule has 3 aliphatic carbocycles. The van der Waals surface area contributed by atoms with E-state index in [9.17, 15) is 4.79 Å². The maximum Gasteiger partial charge on any atom is 0.243 e. The van der Waals surface area contributed by atoms with Crippen LogP contribution in [0.5, 0.6) is 5.88 Å². The van der Waals surface area contributed by atoms with Gasteiger partial charge in [-0.3, -0.25) is 4.79 Å². The summed E-state index contributed by atoms with van der Waals surface area (Å²) in [5.41, 5.74) is 0.450. The van der Waals surface area contributed by atoms with E-state index in [1.165, 1.54) is 12.8 Å². The number of carbonyl (C=O) groups excluding carboxylic acids is 1. The van der Waals surface area contributed by atoms with Gasteiger partial charge < -0.3 is 10.1 Å². The minimum absolute atomic E-state index is 0.0819. The van der Waals surface area contributed by atoms with E-state index in [0.717, 1.165) is 25.1 Å². The van der Waals surface area contributed by atoms with Crippen LogP contribution in [-0.4, -0.2) is 23.0 Å². The van der Waals surface area contributed by atoms with Gasteiger partial charge in [-0.1, -0.05) is 32.9 Å². The molecule has 3 fully saturated rings. The number of rotatable bonds is 2. The highest BCUT2D eigenvalue weighted by molar-refractivity contribution is 5.89. The van der Waals surface area contributed by atoms with Crippen molar-refractivity contribution in [3.63, 3.8) is 0 Å². The Hall–Kier alpha value is -1.84. The lowest BCUT2D eigenvalue weighted by Gasteiger charge is -2.60. The zero-order valence-electron chi connectivity index (χ0n) is 17.2. The normalized spacial score (nSPS) is 46.9. The van der Waals surface area contributed by atoms with Gasteiger partial charge in [0.15, 0.2) is 0 Å². The summed E-state index contributed by atoms with van der Waals surface area (Å²) in [5, 5.41) is 3.27. The van der Waals surface area contributed by atoms with Crippen LogP contribution in [0.3, 0.4) is 0 Å². The van der Waals surface area contributed by atoms with Crippen molar-refractivity contribution in [3.8, 4) is 5.88 Å². The summed E-state index contributed by atoms with van der Waals surface area (Å²) in [5.74, 6) is 3.51. The molecule has 28 heavy (non-hydrogen) atoms. The molecule has 1 aromatic heterocycles. The largest absolute Gasteiger partial charge is 0.474 e. The van der Waals surface area contributed by atoms with Gasteiger partial charge in [0, 0.05) is 23.7 Å². The molecule has 4 aliphatic rings. The monoisotopic (exact) mass is 380 g/mol. The van der Waals surface area contributed by atoms with Crippen molar-refractivity contribution in [2.45, 2.75) is 65.0 Å². The van der Waals surface area contributed by atoms with E-state index in [1.54, 1.807) is 6.08 Å².